The summed E-state index contributed by atoms with van der Waals surface area (Å²) in [6.45, 7) is 9.59. The maximum absolute atomic E-state index is 11.4. The summed E-state index contributed by atoms with van der Waals surface area (Å²) < 4.78 is 0. The highest BCUT2D eigenvalue weighted by molar-refractivity contribution is 5.80. The number of likely N-dealkylation sites (tertiary alicyclic amines) is 1. The van der Waals surface area contributed by atoms with Crippen LogP contribution in [0, 0.1) is 5.41 Å². The second kappa shape index (κ2) is 4.92. The zero-order valence-corrected chi connectivity index (χ0v) is 9.81. The highest BCUT2D eigenvalue weighted by Gasteiger charge is 2.25. The summed E-state index contributed by atoms with van der Waals surface area (Å²) in [7, 11) is 0. The molecular formula is C12H23NO. The van der Waals surface area contributed by atoms with E-state index in [1.165, 1.54) is 12.8 Å². The minimum absolute atomic E-state index is 0.409. The maximum Gasteiger partial charge on any atom is 0.146 e. The number of Topliss-reactive ketones (excluding diaryl/α,β-unsaturated/α-hetero) is 1. The lowest BCUT2D eigenvalue weighted by molar-refractivity contribution is -0.120. The molecule has 0 aromatic carbocycles. The van der Waals surface area contributed by atoms with E-state index in [4.69, 9.17) is 0 Å². The summed E-state index contributed by atoms with van der Waals surface area (Å²) in [6, 6.07) is 0. The van der Waals surface area contributed by atoms with Crippen LogP contribution < -0.4 is 0 Å². The van der Waals surface area contributed by atoms with Gasteiger partial charge in [-0.3, -0.25) is 9.69 Å². The Labute approximate surface area is 87.7 Å². The van der Waals surface area contributed by atoms with Crippen LogP contribution >= 0.6 is 0 Å². The number of piperidine rings is 1. The van der Waals surface area contributed by atoms with Crippen molar-refractivity contribution in [3.05, 3.63) is 0 Å². The van der Waals surface area contributed by atoms with Gasteiger partial charge in [-0.1, -0.05) is 20.8 Å². The van der Waals surface area contributed by atoms with Crippen LogP contribution in [0.25, 0.3) is 0 Å². The van der Waals surface area contributed by atoms with E-state index in [-0.39, 0.29) is 0 Å². The molecular weight excluding hydrogens is 174 g/mol. The van der Waals surface area contributed by atoms with Gasteiger partial charge in [0.2, 0.25) is 0 Å². The van der Waals surface area contributed by atoms with Crippen molar-refractivity contribution in [3.8, 4) is 0 Å². The Morgan fingerprint density at radius 3 is 2.36 bits per heavy atom. The predicted octanol–water partition coefficient (Wildman–Crippen LogP) is 2.48. The first-order chi connectivity index (χ1) is 6.53. The first-order valence-corrected chi connectivity index (χ1v) is 5.77. The van der Waals surface area contributed by atoms with Gasteiger partial charge in [-0.2, -0.15) is 0 Å². The van der Waals surface area contributed by atoms with E-state index >= 15 is 0 Å². The number of hydrogen-bond acceptors (Lipinski definition) is 2. The number of rotatable bonds is 4. The molecule has 0 aliphatic carbocycles. The Hall–Kier alpha value is -0.370. The van der Waals surface area contributed by atoms with Gasteiger partial charge < -0.3 is 0 Å². The van der Waals surface area contributed by atoms with E-state index in [9.17, 15) is 4.79 Å². The van der Waals surface area contributed by atoms with E-state index in [2.05, 4.69) is 25.7 Å². The fourth-order valence-electron chi connectivity index (χ4n) is 1.92. The Bertz CT molecular complexity index is 188. The van der Waals surface area contributed by atoms with E-state index in [1.807, 2.05) is 0 Å². The Morgan fingerprint density at radius 1 is 1.29 bits per heavy atom. The Morgan fingerprint density at radius 2 is 1.86 bits per heavy atom. The lowest BCUT2D eigenvalue weighted by Gasteiger charge is -2.36. The summed E-state index contributed by atoms with van der Waals surface area (Å²) in [5, 5.41) is 0. The molecule has 82 valence electrons. The monoisotopic (exact) mass is 197 g/mol. The van der Waals surface area contributed by atoms with Crippen LogP contribution in [0.5, 0.6) is 0 Å². The van der Waals surface area contributed by atoms with Crippen LogP contribution in [0.1, 0.15) is 46.5 Å². The van der Waals surface area contributed by atoms with Gasteiger partial charge >= 0.3 is 0 Å². The molecule has 1 heterocycles. The Balaban J connectivity index is 2.25. The quantitative estimate of drug-likeness (QED) is 0.690. The molecule has 0 saturated carbocycles. The lowest BCUT2D eigenvalue weighted by atomic mass is 9.82. The molecule has 2 heteroatoms. The number of ketones is 1. The number of carbonyl (C=O) groups excluding carboxylic acids is 1. The average molecular weight is 197 g/mol. The van der Waals surface area contributed by atoms with Crippen LogP contribution in [0.2, 0.25) is 0 Å². The third kappa shape index (κ3) is 3.79. The molecule has 1 rings (SSSR count). The molecule has 0 amide bonds. The van der Waals surface area contributed by atoms with Crippen LogP contribution in [-0.4, -0.2) is 30.3 Å². The van der Waals surface area contributed by atoms with Gasteiger partial charge in [0.05, 0.1) is 6.54 Å². The van der Waals surface area contributed by atoms with Gasteiger partial charge in [0.1, 0.15) is 5.78 Å². The highest BCUT2D eigenvalue weighted by Crippen LogP contribution is 2.29. The smallest absolute Gasteiger partial charge is 0.146 e. The molecule has 0 N–H and O–H groups in total. The van der Waals surface area contributed by atoms with Gasteiger partial charge in [0.25, 0.3) is 0 Å². The number of hydrogen-bond donors (Lipinski definition) is 0. The highest BCUT2D eigenvalue weighted by atomic mass is 16.1. The summed E-state index contributed by atoms with van der Waals surface area (Å²) >= 11 is 0. The summed E-state index contributed by atoms with van der Waals surface area (Å²) in [5.41, 5.74) is 0.490. The molecule has 1 saturated heterocycles. The molecule has 0 atom stereocenters. The fourth-order valence-corrected chi connectivity index (χ4v) is 1.92. The van der Waals surface area contributed by atoms with Gasteiger partial charge in [-0.15, -0.1) is 0 Å². The standard InChI is InChI=1S/C12H23NO/c1-4-5-11(14)10-13-8-6-12(2,3)7-9-13/h4-10H2,1-3H3. The van der Waals surface area contributed by atoms with Gasteiger partial charge in [-0.05, 0) is 37.8 Å². The minimum atomic E-state index is 0.409. The van der Waals surface area contributed by atoms with E-state index < -0.39 is 0 Å². The van der Waals surface area contributed by atoms with Crippen molar-refractivity contribution in [3.63, 3.8) is 0 Å². The largest absolute Gasteiger partial charge is 0.298 e. The third-order valence-corrected chi connectivity index (χ3v) is 3.14. The molecule has 0 aromatic rings. The van der Waals surface area contributed by atoms with Crippen molar-refractivity contribution in [2.75, 3.05) is 19.6 Å². The second-order valence-electron chi connectivity index (χ2n) is 5.23. The van der Waals surface area contributed by atoms with Crippen LogP contribution in [0.3, 0.4) is 0 Å². The van der Waals surface area contributed by atoms with Crippen LogP contribution in [0.4, 0.5) is 0 Å². The van der Waals surface area contributed by atoms with Crippen LogP contribution in [-0.2, 0) is 4.79 Å². The predicted molar refractivity (Wildman–Crippen MR) is 59.4 cm³/mol. The van der Waals surface area contributed by atoms with Crippen LogP contribution in [0.15, 0.2) is 0 Å². The van der Waals surface area contributed by atoms with Crippen molar-refractivity contribution in [2.24, 2.45) is 5.41 Å². The topological polar surface area (TPSA) is 20.3 Å². The van der Waals surface area contributed by atoms with E-state index in [0.29, 0.717) is 17.7 Å². The molecule has 14 heavy (non-hydrogen) atoms. The van der Waals surface area contributed by atoms with Crippen molar-refractivity contribution < 1.29 is 4.79 Å². The maximum atomic E-state index is 11.4. The second-order valence-corrected chi connectivity index (χ2v) is 5.23. The summed E-state index contributed by atoms with van der Waals surface area (Å²) in [5.74, 6) is 0.409. The molecule has 0 unspecified atom stereocenters. The number of nitrogens with zero attached hydrogens (tertiary/aromatic N) is 1. The fraction of sp³-hybridized carbons (Fsp3) is 0.917. The Kier molecular flexibility index (Phi) is 4.11. The van der Waals surface area contributed by atoms with E-state index in [1.54, 1.807) is 0 Å². The van der Waals surface area contributed by atoms with Gasteiger partial charge in [-0.25, -0.2) is 0 Å². The zero-order valence-electron chi connectivity index (χ0n) is 9.81. The SMILES string of the molecule is CCCC(=O)CN1CCC(C)(C)CC1. The molecule has 0 bridgehead atoms. The minimum Gasteiger partial charge on any atom is -0.298 e. The molecule has 1 aliphatic heterocycles. The van der Waals surface area contributed by atoms with E-state index in [0.717, 1.165) is 25.9 Å². The summed E-state index contributed by atoms with van der Waals surface area (Å²) in [6.07, 6.45) is 4.19. The van der Waals surface area contributed by atoms with Crippen molar-refractivity contribution in [2.45, 2.75) is 46.5 Å². The normalized spacial score (nSPS) is 22.2. The molecule has 1 fully saturated rings. The van der Waals surface area contributed by atoms with Gasteiger partial charge in [0, 0.05) is 6.42 Å². The van der Waals surface area contributed by atoms with Crippen molar-refractivity contribution >= 4 is 5.78 Å². The molecule has 0 aromatic heterocycles. The van der Waals surface area contributed by atoms with Crippen molar-refractivity contribution in [1.29, 1.82) is 0 Å². The van der Waals surface area contributed by atoms with Crippen molar-refractivity contribution in [1.82, 2.24) is 4.90 Å². The first kappa shape index (κ1) is 11.7. The molecule has 1 aliphatic rings. The lowest BCUT2D eigenvalue weighted by Crippen LogP contribution is -2.40. The molecule has 0 radical (unpaired) electrons. The average Bonchev–Trinajstić information content (AvgIpc) is 2.09. The van der Waals surface area contributed by atoms with Gasteiger partial charge in [0.15, 0.2) is 0 Å². The zero-order chi connectivity index (χ0) is 10.6. The summed E-state index contributed by atoms with van der Waals surface area (Å²) in [4.78, 5) is 13.7. The number of carbonyl (C=O) groups is 1. The molecule has 0 spiro atoms. The molecule has 2 nitrogen and oxygen atoms in total. The first-order valence-electron chi connectivity index (χ1n) is 5.77. The third-order valence-electron chi connectivity index (χ3n) is 3.14.